The van der Waals surface area contributed by atoms with E-state index < -0.39 is 6.46 Å². The first kappa shape index (κ1) is 33.0. The average molecular weight is 523 g/mol. The molecule has 0 atom stereocenters. The summed E-state index contributed by atoms with van der Waals surface area (Å²) in [5, 5.41) is 0. The molecule has 0 aromatic heterocycles. The Morgan fingerprint density at radius 1 is 0.429 bits per heavy atom. The molecule has 0 nitrogen and oxygen atoms in total. The van der Waals surface area contributed by atoms with Crippen molar-refractivity contribution in [2.45, 2.75) is 161 Å². The molecule has 0 aliphatic carbocycles. The standard InChI is InChI=1S/C33H63PS/c1-4-7-10-13-16-19-25-30-34(35-33-28-23-22-24-29-33,31-26-20-17-14-11-8-5-2)32-27-21-18-15-12-9-6-3/h22-24,28-29,34H,4-21,25-27,30-32H2,1-3H3. The van der Waals surface area contributed by atoms with Crippen molar-refractivity contribution in [2.75, 3.05) is 18.5 Å². The Morgan fingerprint density at radius 3 is 1.09 bits per heavy atom. The molecule has 0 aliphatic heterocycles. The molecule has 0 fully saturated rings. The van der Waals surface area contributed by atoms with Crippen LogP contribution in [0.1, 0.15) is 156 Å². The molecule has 0 saturated carbocycles. The quantitative estimate of drug-likeness (QED) is 0.0861. The summed E-state index contributed by atoms with van der Waals surface area (Å²) in [5.41, 5.74) is 0. The van der Waals surface area contributed by atoms with Crippen LogP contribution in [-0.2, 0) is 0 Å². The minimum atomic E-state index is -1.35. The van der Waals surface area contributed by atoms with Gasteiger partial charge in [-0.3, -0.25) is 0 Å². The molecule has 0 aliphatic rings. The Labute approximate surface area is 226 Å². The van der Waals surface area contributed by atoms with Crippen LogP contribution in [0.3, 0.4) is 0 Å². The van der Waals surface area contributed by atoms with Crippen molar-refractivity contribution >= 4 is 17.8 Å². The minimum absolute atomic E-state index is 1.35. The SMILES string of the molecule is CCCCCCCCC[PH](CCCCCCCCC)(CCCCCCCCC)Sc1ccccc1. The summed E-state index contributed by atoms with van der Waals surface area (Å²) in [6, 6.07) is 11.5. The second kappa shape index (κ2) is 24.3. The van der Waals surface area contributed by atoms with Gasteiger partial charge in [-0.1, -0.05) is 0 Å². The van der Waals surface area contributed by atoms with Crippen LogP contribution >= 0.6 is 17.8 Å². The van der Waals surface area contributed by atoms with E-state index in [0.717, 1.165) is 0 Å². The molecule has 2 heteroatoms. The molecule has 0 saturated heterocycles. The molecular formula is C33H63PS. The van der Waals surface area contributed by atoms with E-state index in [0.29, 0.717) is 0 Å². The van der Waals surface area contributed by atoms with Gasteiger partial charge in [-0.25, -0.2) is 0 Å². The van der Waals surface area contributed by atoms with Gasteiger partial charge in [0.25, 0.3) is 0 Å². The zero-order valence-corrected chi connectivity index (χ0v) is 26.1. The van der Waals surface area contributed by atoms with E-state index >= 15 is 0 Å². The van der Waals surface area contributed by atoms with Gasteiger partial charge in [0.05, 0.1) is 0 Å². The van der Waals surface area contributed by atoms with E-state index in [2.05, 4.69) is 62.5 Å². The molecule has 1 aromatic rings. The summed E-state index contributed by atoms with van der Waals surface area (Å²) in [4.78, 5) is 1.56. The molecule has 0 unspecified atom stereocenters. The van der Waals surface area contributed by atoms with E-state index in [1.807, 2.05) is 0 Å². The molecule has 0 radical (unpaired) electrons. The molecule has 0 spiro atoms. The Bertz CT molecular complexity index is 498. The number of hydrogen-bond donors (Lipinski definition) is 0. The van der Waals surface area contributed by atoms with Crippen molar-refractivity contribution < 1.29 is 0 Å². The average Bonchev–Trinajstić information content (AvgIpc) is 2.88. The third-order valence-corrected chi connectivity index (χ3v) is 16.4. The Balaban J connectivity index is 2.66. The topological polar surface area (TPSA) is 0 Å². The zero-order valence-electron chi connectivity index (χ0n) is 24.3. The van der Waals surface area contributed by atoms with Crippen molar-refractivity contribution in [3.05, 3.63) is 30.3 Å². The monoisotopic (exact) mass is 522 g/mol. The molecule has 1 aromatic carbocycles. The summed E-state index contributed by atoms with van der Waals surface area (Å²) in [5.74, 6) is 0. The van der Waals surface area contributed by atoms with Gasteiger partial charge in [-0.2, -0.15) is 0 Å². The fraction of sp³-hybridized carbons (Fsp3) is 0.818. The van der Waals surface area contributed by atoms with Gasteiger partial charge >= 0.3 is 227 Å². The third-order valence-electron chi connectivity index (χ3n) is 7.79. The van der Waals surface area contributed by atoms with Gasteiger partial charge in [0.1, 0.15) is 0 Å². The van der Waals surface area contributed by atoms with Crippen LogP contribution in [0.15, 0.2) is 35.2 Å². The molecule has 35 heavy (non-hydrogen) atoms. The van der Waals surface area contributed by atoms with Crippen LogP contribution in [0.25, 0.3) is 0 Å². The first-order valence-electron chi connectivity index (χ1n) is 16.0. The summed E-state index contributed by atoms with van der Waals surface area (Å²) in [6.45, 7) is 5.64. The summed E-state index contributed by atoms with van der Waals surface area (Å²) < 4.78 is 0. The fourth-order valence-corrected chi connectivity index (χ4v) is 14.1. The van der Waals surface area contributed by atoms with Crippen LogP contribution in [0, 0.1) is 0 Å². The van der Waals surface area contributed by atoms with E-state index in [-0.39, 0.29) is 0 Å². The van der Waals surface area contributed by atoms with Crippen LogP contribution in [-0.4, -0.2) is 18.5 Å². The third kappa shape index (κ3) is 18.8. The van der Waals surface area contributed by atoms with Crippen molar-refractivity contribution in [1.29, 1.82) is 0 Å². The Morgan fingerprint density at radius 2 is 0.743 bits per heavy atom. The summed E-state index contributed by atoms with van der Waals surface area (Å²) in [7, 11) is 0. The molecule has 1 rings (SSSR count). The van der Waals surface area contributed by atoms with E-state index in [9.17, 15) is 0 Å². The molecular weight excluding hydrogens is 459 g/mol. The van der Waals surface area contributed by atoms with E-state index in [4.69, 9.17) is 0 Å². The second-order valence-electron chi connectivity index (χ2n) is 11.2. The van der Waals surface area contributed by atoms with E-state index in [1.54, 1.807) is 23.4 Å². The van der Waals surface area contributed by atoms with Crippen LogP contribution in [0.4, 0.5) is 0 Å². The van der Waals surface area contributed by atoms with Crippen molar-refractivity contribution in [3.63, 3.8) is 0 Å². The molecule has 0 bridgehead atoms. The molecule has 0 N–H and O–H groups in total. The predicted octanol–water partition coefficient (Wildman–Crippen LogP) is 12.7. The number of rotatable bonds is 26. The number of benzene rings is 1. The maximum atomic E-state index is 2.40. The first-order chi connectivity index (χ1) is 17.3. The van der Waals surface area contributed by atoms with Gasteiger partial charge in [-0.15, -0.1) is 0 Å². The fourth-order valence-electron chi connectivity index (χ4n) is 5.48. The molecule has 206 valence electrons. The Kier molecular flexibility index (Phi) is 23.0. The molecule has 0 heterocycles. The normalized spacial score (nSPS) is 12.3. The van der Waals surface area contributed by atoms with Crippen molar-refractivity contribution in [3.8, 4) is 0 Å². The van der Waals surface area contributed by atoms with Gasteiger partial charge in [0.15, 0.2) is 0 Å². The number of hydrogen-bond acceptors (Lipinski definition) is 1. The van der Waals surface area contributed by atoms with Crippen LogP contribution in [0.2, 0.25) is 0 Å². The van der Waals surface area contributed by atoms with E-state index in [1.165, 1.54) is 135 Å². The summed E-state index contributed by atoms with van der Waals surface area (Å²) >= 11 is 2.39. The summed E-state index contributed by atoms with van der Waals surface area (Å²) in [6.07, 6.45) is 35.1. The van der Waals surface area contributed by atoms with Gasteiger partial charge in [0, 0.05) is 0 Å². The Hall–Kier alpha value is 0. The maximum absolute atomic E-state index is 2.40. The zero-order chi connectivity index (χ0) is 25.3. The van der Waals surface area contributed by atoms with Crippen LogP contribution in [0.5, 0.6) is 0 Å². The van der Waals surface area contributed by atoms with Gasteiger partial charge in [-0.05, 0) is 0 Å². The van der Waals surface area contributed by atoms with Gasteiger partial charge in [0.2, 0.25) is 0 Å². The van der Waals surface area contributed by atoms with Crippen molar-refractivity contribution in [1.82, 2.24) is 0 Å². The number of unbranched alkanes of at least 4 members (excludes halogenated alkanes) is 18. The van der Waals surface area contributed by atoms with Crippen LogP contribution < -0.4 is 0 Å². The predicted molar refractivity (Wildman–Crippen MR) is 169 cm³/mol. The molecule has 0 amide bonds. The second-order valence-corrected chi connectivity index (χ2v) is 19.0. The van der Waals surface area contributed by atoms with Crippen molar-refractivity contribution in [2.24, 2.45) is 0 Å². The first-order valence-corrected chi connectivity index (χ1v) is 20.2. The van der Waals surface area contributed by atoms with Gasteiger partial charge < -0.3 is 0 Å².